The Hall–Kier alpha value is -3.68. The first kappa shape index (κ1) is 19.6. The van der Waals surface area contributed by atoms with E-state index in [1.54, 1.807) is 36.4 Å². The second-order valence-electron chi connectivity index (χ2n) is 7.23. The summed E-state index contributed by atoms with van der Waals surface area (Å²) in [7, 11) is 0. The molecule has 154 valence electrons. The van der Waals surface area contributed by atoms with Crippen molar-refractivity contribution in [1.82, 2.24) is 10.4 Å². The fourth-order valence-electron chi connectivity index (χ4n) is 3.20. The van der Waals surface area contributed by atoms with Crippen LogP contribution in [0.5, 0.6) is 5.75 Å². The van der Waals surface area contributed by atoms with Crippen molar-refractivity contribution in [2.75, 3.05) is 0 Å². The third-order valence-electron chi connectivity index (χ3n) is 5.15. The molecule has 0 aromatic heterocycles. The van der Waals surface area contributed by atoms with Crippen LogP contribution < -0.4 is 10.1 Å². The minimum atomic E-state index is -1.16. The van der Waals surface area contributed by atoms with Gasteiger partial charge in [-0.3, -0.25) is 19.2 Å². The zero-order valence-corrected chi connectivity index (χ0v) is 16.1. The molecule has 2 aliphatic rings. The van der Waals surface area contributed by atoms with Crippen LogP contribution in [0.15, 0.2) is 48.5 Å². The summed E-state index contributed by atoms with van der Waals surface area (Å²) in [6.07, 6.45) is 2.11. The van der Waals surface area contributed by atoms with Gasteiger partial charge in [-0.15, -0.1) is 0 Å². The first-order valence-corrected chi connectivity index (χ1v) is 9.76. The van der Waals surface area contributed by atoms with Crippen LogP contribution in [-0.2, 0) is 14.4 Å². The molecule has 2 fully saturated rings. The van der Waals surface area contributed by atoms with Crippen molar-refractivity contribution in [1.29, 1.82) is 0 Å². The lowest BCUT2D eigenvalue weighted by Crippen LogP contribution is -2.39. The van der Waals surface area contributed by atoms with E-state index in [1.807, 2.05) is 12.1 Å². The van der Waals surface area contributed by atoms with Gasteiger partial charge in [0.15, 0.2) is 0 Å². The SMILES string of the molecule is O=C(Oc1ccc(-c2ccc(C(=O)NC3CCC3)cc2)cc1)ON1C(=O)CCC1=O. The molecule has 0 atom stereocenters. The highest BCUT2D eigenvalue weighted by Gasteiger charge is 2.33. The van der Waals surface area contributed by atoms with E-state index in [-0.39, 0.29) is 30.5 Å². The van der Waals surface area contributed by atoms with E-state index in [1.165, 1.54) is 0 Å². The number of amides is 3. The molecule has 8 nitrogen and oxygen atoms in total. The molecular weight excluding hydrogens is 388 g/mol. The summed E-state index contributed by atoms with van der Waals surface area (Å²) in [5.74, 6) is -1.00. The normalized spacial score (nSPS) is 16.2. The van der Waals surface area contributed by atoms with Gasteiger partial charge in [0.1, 0.15) is 5.75 Å². The van der Waals surface area contributed by atoms with E-state index in [0.29, 0.717) is 10.6 Å². The molecule has 2 aromatic carbocycles. The first-order valence-electron chi connectivity index (χ1n) is 9.76. The van der Waals surface area contributed by atoms with Gasteiger partial charge in [-0.25, -0.2) is 4.79 Å². The molecule has 2 aromatic rings. The molecule has 1 aliphatic carbocycles. The zero-order valence-electron chi connectivity index (χ0n) is 16.1. The number of nitrogens with one attached hydrogen (secondary N) is 1. The molecule has 30 heavy (non-hydrogen) atoms. The maximum atomic E-state index is 12.2. The number of nitrogens with zero attached hydrogens (tertiary/aromatic N) is 1. The predicted octanol–water partition coefficient (Wildman–Crippen LogP) is 3.22. The standard InChI is InChI=1S/C22H20N2O6/c25-19-12-13-20(26)24(19)30-22(28)29-18-10-8-15(9-11-18)14-4-6-16(7-5-14)21(27)23-17-2-1-3-17/h4-11,17H,1-3,12-13H2,(H,23,27). The number of hydrogen-bond donors (Lipinski definition) is 1. The highest BCUT2D eigenvalue weighted by molar-refractivity contribution is 6.01. The molecule has 3 amide bonds. The molecule has 4 rings (SSSR count). The van der Waals surface area contributed by atoms with Crippen molar-refractivity contribution in [2.45, 2.75) is 38.1 Å². The second kappa shape index (κ2) is 8.36. The topological polar surface area (TPSA) is 102 Å². The average molecular weight is 408 g/mol. The molecule has 1 saturated carbocycles. The third kappa shape index (κ3) is 4.32. The fourth-order valence-corrected chi connectivity index (χ4v) is 3.20. The molecule has 1 saturated heterocycles. The highest BCUT2D eigenvalue weighted by atomic mass is 16.8. The summed E-state index contributed by atoms with van der Waals surface area (Å²) >= 11 is 0. The number of hydrogen-bond acceptors (Lipinski definition) is 6. The van der Waals surface area contributed by atoms with Crippen molar-refractivity contribution in [3.8, 4) is 16.9 Å². The number of carbonyl (C=O) groups excluding carboxylic acids is 4. The van der Waals surface area contributed by atoms with Crippen LogP contribution in [0, 0.1) is 0 Å². The number of carbonyl (C=O) groups is 4. The van der Waals surface area contributed by atoms with Crippen LogP contribution in [0.25, 0.3) is 11.1 Å². The van der Waals surface area contributed by atoms with Gasteiger partial charge in [0, 0.05) is 24.4 Å². The van der Waals surface area contributed by atoms with Gasteiger partial charge in [0.05, 0.1) is 0 Å². The summed E-state index contributed by atoms with van der Waals surface area (Å²) in [4.78, 5) is 51.6. The van der Waals surface area contributed by atoms with E-state index >= 15 is 0 Å². The van der Waals surface area contributed by atoms with Crippen molar-refractivity contribution in [3.63, 3.8) is 0 Å². The maximum Gasteiger partial charge on any atom is 0.539 e. The lowest BCUT2D eigenvalue weighted by molar-refractivity contribution is -0.174. The van der Waals surface area contributed by atoms with Crippen LogP contribution in [-0.4, -0.2) is 35.0 Å². The third-order valence-corrected chi connectivity index (χ3v) is 5.15. The number of benzene rings is 2. The summed E-state index contributed by atoms with van der Waals surface area (Å²) in [5, 5.41) is 3.43. The molecule has 0 radical (unpaired) electrons. The predicted molar refractivity (Wildman–Crippen MR) is 105 cm³/mol. The van der Waals surface area contributed by atoms with E-state index in [9.17, 15) is 19.2 Å². The molecule has 1 heterocycles. The minimum absolute atomic E-state index is 0.0157. The molecule has 1 aliphatic heterocycles. The Kier molecular flexibility index (Phi) is 5.47. The number of hydroxylamine groups is 2. The molecule has 8 heteroatoms. The van der Waals surface area contributed by atoms with E-state index in [2.05, 4.69) is 10.2 Å². The highest BCUT2D eigenvalue weighted by Crippen LogP contribution is 2.24. The van der Waals surface area contributed by atoms with Crippen molar-refractivity contribution < 1.29 is 28.8 Å². The quantitative estimate of drug-likeness (QED) is 0.463. The Morgan fingerprint density at radius 1 is 0.867 bits per heavy atom. The zero-order chi connectivity index (χ0) is 21.1. The van der Waals surface area contributed by atoms with Crippen molar-refractivity contribution in [3.05, 3.63) is 54.1 Å². The van der Waals surface area contributed by atoms with Crippen LogP contribution >= 0.6 is 0 Å². The van der Waals surface area contributed by atoms with E-state index < -0.39 is 18.0 Å². The Labute approximate surface area is 172 Å². The van der Waals surface area contributed by atoms with Crippen LogP contribution in [0.1, 0.15) is 42.5 Å². The smallest absolute Gasteiger partial charge is 0.393 e. The van der Waals surface area contributed by atoms with Gasteiger partial charge in [0.25, 0.3) is 17.7 Å². The van der Waals surface area contributed by atoms with Crippen molar-refractivity contribution in [2.24, 2.45) is 0 Å². The van der Waals surface area contributed by atoms with Crippen LogP contribution in [0.2, 0.25) is 0 Å². The lowest BCUT2D eigenvalue weighted by Gasteiger charge is -2.26. The van der Waals surface area contributed by atoms with E-state index in [0.717, 1.165) is 30.4 Å². The Morgan fingerprint density at radius 3 is 1.97 bits per heavy atom. The number of ether oxygens (including phenoxy) is 1. The van der Waals surface area contributed by atoms with Gasteiger partial charge < -0.3 is 10.1 Å². The van der Waals surface area contributed by atoms with Gasteiger partial charge in [-0.05, 0) is 54.7 Å². The lowest BCUT2D eigenvalue weighted by atomic mass is 9.93. The van der Waals surface area contributed by atoms with Gasteiger partial charge in [-0.2, -0.15) is 0 Å². The van der Waals surface area contributed by atoms with Crippen LogP contribution in [0.3, 0.4) is 0 Å². The summed E-state index contributed by atoms with van der Waals surface area (Å²) in [5.41, 5.74) is 2.38. The first-order chi connectivity index (χ1) is 14.5. The molecule has 0 unspecified atom stereocenters. The number of rotatable bonds is 5. The maximum absolute atomic E-state index is 12.2. The summed E-state index contributed by atoms with van der Waals surface area (Å²) in [6.45, 7) is 0. The van der Waals surface area contributed by atoms with Crippen molar-refractivity contribution >= 4 is 23.9 Å². The average Bonchev–Trinajstić information content (AvgIpc) is 3.03. The van der Waals surface area contributed by atoms with Gasteiger partial charge in [0.2, 0.25) is 0 Å². The molecular formula is C22H20N2O6. The van der Waals surface area contributed by atoms with Gasteiger partial charge in [-0.1, -0.05) is 29.3 Å². The molecule has 0 spiro atoms. The largest absolute Gasteiger partial charge is 0.539 e. The minimum Gasteiger partial charge on any atom is -0.393 e. The van der Waals surface area contributed by atoms with Gasteiger partial charge >= 0.3 is 6.16 Å². The summed E-state index contributed by atoms with van der Waals surface area (Å²) in [6, 6.07) is 14.2. The monoisotopic (exact) mass is 408 g/mol. The molecule has 1 N–H and O–H groups in total. The van der Waals surface area contributed by atoms with Crippen LogP contribution in [0.4, 0.5) is 4.79 Å². The Morgan fingerprint density at radius 2 is 1.43 bits per heavy atom. The fraction of sp³-hybridized carbons (Fsp3) is 0.273. The van der Waals surface area contributed by atoms with E-state index in [4.69, 9.17) is 4.74 Å². The summed E-state index contributed by atoms with van der Waals surface area (Å²) < 4.78 is 5.01. The Bertz CT molecular complexity index is 964. The second-order valence-corrected chi connectivity index (χ2v) is 7.23. The Balaban J connectivity index is 1.34. The molecule has 0 bridgehead atoms. The number of imide groups is 1.